The fraction of sp³-hybridized carbons (Fsp3) is 0.364. The van der Waals surface area contributed by atoms with E-state index in [1.54, 1.807) is 17.0 Å². The highest BCUT2D eigenvalue weighted by molar-refractivity contribution is 7.10. The molecule has 146 valence electrons. The second kappa shape index (κ2) is 7.53. The Bertz CT molecular complexity index is 938. The Balaban J connectivity index is 1.82. The number of thiophene rings is 1. The molecule has 2 atom stereocenters. The van der Waals surface area contributed by atoms with E-state index in [1.165, 1.54) is 11.3 Å². The molecule has 0 saturated carbocycles. The maximum absolute atomic E-state index is 12.9. The van der Waals surface area contributed by atoms with E-state index < -0.39 is 17.7 Å². The van der Waals surface area contributed by atoms with Crippen LogP contribution < -0.4 is 0 Å². The van der Waals surface area contributed by atoms with Gasteiger partial charge in [-0.15, -0.1) is 11.3 Å². The minimum atomic E-state index is -0.631. The van der Waals surface area contributed by atoms with Gasteiger partial charge in [-0.1, -0.05) is 29.8 Å². The summed E-state index contributed by atoms with van der Waals surface area (Å²) in [4.78, 5) is 28.3. The number of aryl methyl sites for hydroxylation is 2. The first-order valence-corrected chi connectivity index (χ1v) is 10.4. The first-order chi connectivity index (χ1) is 13.5. The second-order valence-electron chi connectivity index (χ2n) is 7.42. The van der Waals surface area contributed by atoms with E-state index in [4.69, 9.17) is 4.74 Å². The maximum Gasteiger partial charge on any atom is 0.295 e. The van der Waals surface area contributed by atoms with E-state index in [-0.39, 0.29) is 17.4 Å². The molecule has 1 N–H and O–H groups in total. The molecule has 4 rings (SSSR count). The van der Waals surface area contributed by atoms with Crippen molar-refractivity contribution in [3.8, 4) is 0 Å². The molecule has 3 heterocycles. The normalized spacial score (nSPS) is 24.3. The fourth-order valence-corrected chi connectivity index (χ4v) is 4.93. The summed E-state index contributed by atoms with van der Waals surface area (Å²) < 4.78 is 5.71. The smallest absolute Gasteiger partial charge is 0.295 e. The zero-order valence-corrected chi connectivity index (χ0v) is 16.8. The number of carbonyl (C=O) groups is 2. The number of Topliss-reactive ketones (excluding diaryl/α,β-unsaturated/α-hetero) is 1. The van der Waals surface area contributed by atoms with Gasteiger partial charge in [-0.2, -0.15) is 0 Å². The number of likely N-dealkylation sites (tertiary alicyclic amines) is 1. The number of hydrogen-bond donors (Lipinski definition) is 1. The number of ketones is 1. The fourth-order valence-electron chi connectivity index (χ4n) is 3.88. The monoisotopic (exact) mass is 397 g/mol. The van der Waals surface area contributed by atoms with E-state index in [0.29, 0.717) is 18.7 Å². The van der Waals surface area contributed by atoms with Crippen LogP contribution in [0.5, 0.6) is 0 Å². The Morgan fingerprint density at radius 1 is 1.21 bits per heavy atom. The van der Waals surface area contributed by atoms with Crippen molar-refractivity contribution < 1.29 is 19.4 Å². The van der Waals surface area contributed by atoms with Crippen molar-refractivity contribution in [2.45, 2.75) is 38.8 Å². The van der Waals surface area contributed by atoms with Gasteiger partial charge in [0.2, 0.25) is 0 Å². The van der Waals surface area contributed by atoms with Crippen molar-refractivity contribution in [2.24, 2.45) is 0 Å². The summed E-state index contributed by atoms with van der Waals surface area (Å²) in [6.07, 6.45) is 1.76. The van der Waals surface area contributed by atoms with E-state index in [0.717, 1.165) is 28.8 Å². The van der Waals surface area contributed by atoms with Crippen LogP contribution in [0.4, 0.5) is 0 Å². The van der Waals surface area contributed by atoms with E-state index in [9.17, 15) is 14.7 Å². The number of aliphatic hydroxyl groups excluding tert-OH is 1. The lowest BCUT2D eigenvalue weighted by Gasteiger charge is -2.27. The number of hydrogen-bond acceptors (Lipinski definition) is 5. The molecule has 2 aliphatic heterocycles. The first kappa shape index (κ1) is 18.9. The Hall–Kier alpha value is -2.44. The minimum Gasteiger partial charge on any atom is -0.507 e. The van der Waals surface area contributed by atoms with Crippen molar-refractivity contribution >= 4 is 28.8 Å². The molecule has 0 aliphatic carbocycles. The lowest BCUT2D eigenvalue weighted by molar-refractivity contribution is -0.140. The minimum absolute atomic E-state index is 0.0691. The van der Waals surface area contributed by atoms with Crippen LogP contribution in [0.3, 0.4) is 0 Å². The molecule has 0 bridgehead atoms. The molecule has 0 radical (unpaired) electrons. The summed E-state index contributed by atoms with van der Waals surface area (Å²) in [5.41, 5.74) is 2.77. The third kappa shape index (κ3) is 3.27. The Morgan fingerprint density at radius 3 is 2.57 bits per heavy atom. The van der Waals surface area contributed by atoms with Gasteiger partial charge in [0.05, 0.1) is 17.7 Å². The number of aliphatic hydroxyl groups is 1. The van der Waals surface area contributed by atoms with Gasteiger partial charge in [-0.25, -0.2) is 0 Å². The predicted molar refractivity (Wildman–Crippen MR) is 108 cm³/mol. The van der Waals surface area contributed by atoms with Crippen LogP contribution in [0.1, 0.15) is 40.5 Å². The molecular weight excluding hydrogens is 374 g/mol. The second-order valence-corrected chi connectivity index (χ2v) is 8.37. The van der Waals surface area contributed by atoms with Crippen LogP contribution in [-0.4, -0.2) is 41.0 Å². The Kier molecular flexibility index (Phi) is 5.08. The van der Waals surface area contributed by atoms with Gasteiger partial charge in [0.1, 0.15) is 5.76 Å². The van der Waals surface area contributed by atoms with Gasteiger partial charge in [0, 0.05) is 23.6 Å². The highest BCUT2D eigenvalue weighted by Gasteiger charge is 2.47. The van der Waals surface area contributed by atoms with Gasteiger partial charge < -0.3 is 14.7 Å². The summed E-state index contributed by atoms with van der Waals surface area (Å²) in [5, 5.41) is 12.9. The number of carbonyl (C=O) groups excluding carboxylic acids is 2. The first-order valence-electron chi connectivity index (χ1n) is 9.48. The summed E-state index contributed by atoms with van der Waals surface area (Å²) in [7, 11) is 0. The molecule has 5 nitrogen and oxygen atoms in total. The van der Waals surface area contributed by atoms with Gasteiger partial charge in [-0.05, 0) is 43.7 Å². The average molecular weight is 397 g/mol. The molecule has 1 aromatic carbocycles. The lowest BCUT2D eigenvalue weighted by Crippen LogP contribution is -2.36. The average Bonchev–Trinajstić information content (AvgIpc) is 3.39. The van der Waals surface area contributed by atoms with Gasteiger partial charge in [0.15, 0.2) is 0 Å². The largest absolute Gasteiger partial charge is 0.507 e. The van der Waals surface area contributed by atoms with Crippen molar-refractivity contribution in [1.82, 2.24) is 4.90 Å². The third-order valence-corrected chi connectivity index (χ3v) is 6.51. The van der Waals surface area contributed by atoms with Crippen molar-refractivity contribution in [2.75, 3.05) is 13.2 Å². The molecule has 28 heavy (non-hydrogen) atoms. The molecule has 2 unspecified atom stereocenters. The molecule has 2 aliphatic rings. The van der Waals surface area contributed by atoms with Crippen molar-refractivity contribution in [3.05, 3.63) is 62.9 Å². The number of rotatable bonds is 4. The van der Waals surface area contributed by atoms with Gasteiger partial charge in [-0.3, -0.25) is 9.59 Å². The van der Waals surface area contributed by atoms with Crippen LogP contribution in [0.25, 0.3) is 5.76 Å². The van der Waals surface area contributed by atoms with E-state index in [2.05, 4.69) is 0 Å². The standard InChI is InChI=1S/C22H23NO4S/c1-13-5-7-15(8-6-13)19(24)17-18(21-14(2)9-11-28-21)23(22(26)20(17)25)12-16-4-3-10-27-16/h5-9,11,16,18,24H,3-4,10,12H2,1-2H3/b19-17+. The molecule has 6 heteroatoms. The van der Waals surface area contributed by atoms with Crippen LogP contribution in [0.15, 0.2) is 41.3 Å². The number of nitrogens with zero attached hydrogens (tertiary/aromatic N) is 1. The van der Waals surface area contributed by atoms with Crippen LogP contribution >= 0.6 is 11.3 Å². The number of amides is 1. The molecule has 2 aromatic rings. The Labute approximate surface area is 168 Å². The maximum atomic E-state index is 12.9. The molecule has 1 aromatic heterocycles. The topological polar surface area (TPSA) is 66.8 Å². The number of benzene rings is 1. The highest BCUT2D eigenvalue weighted by atomic mass is 32.1. The summed E-state index contributed by atoms with van der Waals surface area (Å²) >= 11 is 1.50. The van der Waals surface area contributed by atoms with E-state index >= 15 is 0 Å². The van der Waals surface area contributed by atoms with Gasteiger partial charge in [0.25, 0.3) is 11.7 Å². The summed E-state index contributed by atoms with van der Waals surface area (Å²) in [6.45, 7) is 4.96. The lowest BCUT2D eigenvalue weighted by atomic mass is 9.98. The van der Waals surface area contributed by atoms with Crippen LogP contribution in [-0.2, 0) is 14.3 Å². The molecule has 2 saturated heterocycles. The molecule has 2 fully saturated rings. The highest BCUT2D eigenvalue weighted by Crippen LogP contribution is 2.43. The predicted octanol–water partition coefficient (Wildman–Crippen LogP) is 3.97. The zero-order chi connectivity index (χ0) is 19.8. The summed E-state index contributed by atoms with van der Waals surface area (Å²) in [6, 6.07) is 8.70. The molecular formula is C22H23NO4S. The molecule has 1 amide bonds. The zero-order valence-electron chi connectivity index (χ0n) is 16.0. The van der Waals surface area contributed by atoms with Crippen molar-refractivity contribution in [3.63, 3.8) is 0 Å². The van der Waals surface area contributed by atoms with Gasteiger partial charge >= 0.3 is 0 Å². The van der Waals surface area contributed by atoms with Crippen LogP contribution in [0.2, 0.25) is 0 Å². The summed E-state index contributed by atoms with van der Waals surface area (Å²) in [5.74, 6) is -1.32. The van der Waals surface area contributed by atoms with Crippen LogP contribution in [0, 0.1) is 13.8 Å². The third-order valence-electron chi connectivity index (χ3n) is 5.44. The Morgan fingerprint density at radius 2 is 1.96 bits per heavy atom. The quantitative estimate of drug-likeness (QED) is 0.482. The number of ether oxygens (including phenoxy) is 1. The molecule has 0 spiro atoms. The van der Waals surface area contributed by atoms with Crippen molar-refractivity contribution in [1.29, 1.82) is 0 Å². The van der Waals surface area contributed by atoms with E-state index in [1.807, 2.05) is 37.4 Å². The SMILES string of the molecule is Cc1ccc(/C(O)=C2\C(=O)C(=O)N(CC3CCCO3)C2c2sccc2C)cc1.